The zero-order valence-electron chi connectivity index (χ0n) is 13.7. The standard InChI is InChI=1S/C17H17N3O6/c21-16(10-11-25-14-4-2-1-3-5-14)18-19-17(22)12-26-15-8-6-13(7-9-15)20(23)24/h1-9H,10-12H2,(H,18,21)(H,19,22). The van der Waals surface area contributed by atoms with Crippen LogP contribution in [0.4, 0.5) is 5.69 Å². The molecular weight excluding hydrogens is 342 g/mol. The molecule has 2 rings (SSSR count). The van der Waals surface area contributed by atoms with Crippen LogP contribution in [-0.4, -0.2) is 30.0 Å². The van der Waals surface area contributed by atoms with E-state index in [4.69, 9.17) is 9.47 Å². The van der Waals surface area contributed by atoms with Crippen LogP contribution in [0.25, 0.3) is 0 Å². The molecule has 0 aliphatic carbocycles. The molecule has 2 amide bonds. The molecule has 9 nitrogen and oxygen atoms in total. The van der Waals surface area contributed by atoms with Crippen LogP contribution >= 0.6 is 0 Å². The predicted molar refractivity (Wildman–Crippen MR) is 91.4 cm³/mol. The van der Waals surface area contributed by atoms with E-state index in [1.807, 2.05) is 18.2 Å². The Balaban J connectivity index is 1.61. The maximum atomic E-state index is 11.6. The number of hydrogen-bond donors (Lipinski definition) is 2. The van der Waals surface area contributed by atoms with Gasteiger partial charge in [0.05, 0.1) is 18.0 Å². The summed E-state index contributed by atoms with van der Waals surface area (Å²) in [5.74, 6) is -0.0283. The minimum atomic E-state index is -0.569. The third-order valence-electron chi connectivity index (χ3n) is 3.10. The first kappa shape index (κ1) is 18.7. The number of amides is 2. The second kappa shape index (κ2) is 9.62. The zero-order valence-corrected chi connectivity index (χ0v) is 13.7. The molecule has 9 heteroatoms. The number of hydrazine groups is 1. The van der Waals surface area contributed by atoms with E-state index in [0.29, 0.717) is 11.5 Å². The Kier molecular flexibility index (Phi) is 6.93. The molecule has 0 saturated heterocycles. The number of non-ortho nitro benzene ring substituents is 1. The third-order valence-corrected chi connectivity index (χ3v) is 3.10. The number of para-hydroxylation sites is 1. The quantitative estimate of drug-likeness (QED) is 0.545. The minimum absolute atomic E-state index is 0.0678. The average molecular weight is 359 g/mol. The van der Waals surface area contributed by atoms with Crippen molar-refractivity contribution in [3.8, 4) is 11.5 Å². The fourth-order valence-electron chi connectivity index (χ4n) is 1.83. The number of benzene rings is 2. The van der Waals surface area contributed by atoms with Gasteiger partial charge in [0.15, 0.2) is 6.61 Å². The Labute approximate surface area is 149 Å². The molecule has 2 N–H and O–H groups in total. The molecule has 0 radical (unpaired) electrons. The average Bonchev–Trinajstić information content (AvgIpc) is 2.66. The Morgan fingerprint density at radius 3 is 2.15 bits per heavy atom. The number of carbonyl (C=O) groups excluding carboxylic acids is 2. The Bertz CT molecular complexity index is 749. The van der Waals surface area contributed by atoms with Gasteiger partial charge in [-0.3, -0.25) is 30.6 Å². The van der Waals surface area contributed by atoms with Gasteiger partial charge < -0.3 is 9.47 Å². The van der Waals surface area contributed by atoms with Gasteiger partial charge in [0.25, 0.3) is 11.6 Å². The number of carbonyl (C=O) groups is 2. The van der Waals surface area contributed by atoms with Crippen LogP contribution < -0.4 is 20.3 Å². The van der Waals surface area contributed by atoms with Crippen LogP contribution in [-0.2, 0) is 9.59 Å². The minimum Gasteiger partial charge on any atom is -0.493 e. The van der Waals surface area contributed by atoms with Crippen molar-refractivity contribution < 1.29 is 24.0 Å². The monoisotopic (exact) mass is 359 g/mol. The highest BCUT2D eigenvalue weighted by molar-refractivity contribution is 5.82. The van der Waals surface area contributed by atoms with E-state index in [1.165, 1.54) is 24.3 Å². The number of nitro benzene ring substituents is 1. The van der Waals surface area contributed by atoms with E-state index < -0.39 is 16.7 Å². The number of hydrogen-bond acceptors (Lipinski definition) is 6. The van der Waals surface area contributed by atoms with Crippen molar-refractivity contribution in [1.29, 1.82) is 0 Å². The van der Waals surface area contributed by atoms with Gasteiger partial charge in [-0.05, 0) is 24.3 Å². The van der Waals surface area contributed by atoms with Gasteiger partial charge in [-0.15, -0.1) is 0 Å². The smallest absolute Gasteiger partial charge is 0.276 e. The third kappa shape index (κ3) is 6.48. The largest absolute Gasteiger partial charge is 0.493 e. The zero-order chi connectivity index (χ0) is 18.8. The van der Waals surface area contributed by atoms with Crippen molar-refractivity contribution in [2.24, 2.45) is 0 Å². The van der Waals surface area contributed by atoms with Crippen LogP contribution in [0.1, 0.15) is 6.42 Å². The van der Waals surface area contributed by atoms with E-state index in [1.54, 1.807) is 12.1 Å². The highest BCUT2D eigenvalue weighted by Crippen LogP contribution is 2.17. The molecule has 0 heterocycles. The maximum Gasteiger partial charge on any atom is 0.276 e. The fourth-order valence-corrected chi connectivity index (χ4v) is 1.83. The SMILES string of the molecule is O=C(CCOc1ccccc1)NNC(=O)COc1ccc([N+](=O)[O-])cc1. The molecule has 136 valence electrons. The summed E-state index contributed by atoms with van der Waals surface area (Å²) in [5.41, 5.74) is 4.37. The lowest BCUT2D eigenvalue weighted by molar-refractivity contribution is -0.384. The maximum absolute atomic E-state index is 11.6. The summed E-state index contributed by atoms with van der Waals surface area (Å²) in [6.45, 7) is -0.177. The van der Waals surface area contributed by atoms with Crippen molar-refractivity contribution >= 4 is 17.5 Å². The Hall–Kier alpha value is -3.62. The van der Waals surface area contributed by atoms with Gasteiger partial charge in [-0.25, -0.2) is 0 Å². The number of nitro groups is 1. The highest BCUT2D eigenvalue weighted by atomic mass is 16.6. The first-order valence-corrected chi connectivity index (χ1v) is 7.67. The second-order valence-electron chi connectivity index (χ2n) is 5.05. The van der Waals surface area contributed by atoms with Crippen LogP contribution in [0.3, 0.4) is 0 Å². The highest BCUT2D eigenvalue weighted by Gasteiger charge is 2.08. The molecule has 0 spiro atoms. The molecule has 0 saturated carbocycles. The number of nitrogens with zero attached hydrogens (tertiary/aromatic N) is 1. The van der Waals surface area contributed by atoms with E-state index in [0.717, 1.165) is 0 Å². The number of nitrogens with one attached hydrogen (secondary N) is 2. The summed E-state index contributed by atoms with van der Waals surface area (Å²) in [6, 6.07) is 14.3. The number of ether oxygens (including phenoxy) is 2. The van der Waals surface area contributed by atoms with Crippen LogP contribution in [0, 0.1) is 10.1 Å². The van der Waals surface area contributed by atoms with E-state index >= 15 is 0 Å². The van der Waals surface area contributed by atoms with E-state index in [9.17, 15) is 19.7 Å². The van der Waals surface area contributed by atoms with Gasteiger partial charge >= 0.3 is 0 Å². The molecule has 0 fully saturated rings. The molecule has 0 unspecified atom stereocenters. The fraction of sp³-hybridized carbons (Fsp3) is 0.176. The summed E-state index contributed by atoms with van der Waals surface area (Å²) < 4.78 is 10.5. The van der Waals surface area contributed by atoms with Crippen molar-refractivity contribution in [1.82, 2.24) is 10.9 Å². The van der Waals surface area contributed by atoms with Gasteiger partial charge in [0.1, 0.15) is 11.5 Å². The van der Waals surface area contributed by atoms with Gasteiger partial charge in [0, 0.05) is 12.1 Å². The van der Waals surface area contributed by atoms with Crippen LogP contribution in [0.2, 0.25) is 0 Å². The molecule has 2 aromatic carbocycles. The van der Waals surface area contributed by atoms with E-state index in [-0.39, 0.29) is 25.3 Å². The van der Waals surface area contributed by atoms with Gasteiger partial charge in [-0.2, -0.15) is 0 Å². The lowest BCUT2D eigenvalue weighted by atomic mass is 10.3. The Morgan fingerprint density at radius 1 is 0.885 bits per heavy atom. The molecule has 0 aromatic heterocycles. The first-order chi connectivity index (χ1) is 12.5. The Morgan fingerprint density at radius 2 is 1.50 bits per heavy atom. The summed E-state index contributed by atoms with van der Waals surface area (Å²) in [4.78, 5) is 33.2. The number of rotatable bonds is 8. The second-order valence-corrected chi connectivity index (χ2v) is 5.05. The molecule has 0 aliphatic heterocycles. The topological polar surface area (TPSA) is 120 Å². The van der Waals surface area contributed by atoms with Gasteiger partial charge in [-0.1, -0.05) is 18.2 Å². The normalized spacial score (nSPS) is 9.85. The molecule has 0 bridgehead atoms. The van der Waals surface area contributed by atoms with Crippen molar-refractivity contribution in [3.63, 3.8) is 0 Å². The van der Waals surface area contributed by atoms with Crippen molar-refractivity contribution in [2.45, 2.75) is 6.42 Å². The summed E-state index contributed by atoms with van der Waals surface area (Å²) in [7, 11) is 0. The van der Waals surface area contributed by atoms with E-state index in [2.05, 4.69) is 10.9 Å². The lowest BCUT2D eigenvalue weighted by Crippen LogP contribution is -2.44. The predicted octanol–water partition coefficient (Wildman–Crippen LogP) is 1.59. The summed E-state index contributed by atoms with van der Waals surface area (Å²) in [5, 5.41) is 10.5. The molecule has 0 atom stereocenters. The molecule has 0 aliphatic rings. The van der Waals surface area contributed by atoms with Crippen molar-refractivity contribution in [2.75, 3.05) is 13.2 Å². The first-order valence-electron chi connectivity index (χ1n) is 7.67. The molecule has 2 aromatic rings. The molecular formula is C17H17N3O6. The van der Waals surface area contributed by atoms with Crippen LogP contribution in [0.5, 0.6) is 11.5 Å². The van der Waals surface area contributed by atoms with Crippen molar-refractivity contribution in [3.05, 3.63) is 64.7 Å². The summed E-state index contributed by atoms with van der Waals surface area (Å²) >= 11 is 0. The summed E-state index contributed by atoms with van der Waals surface area (Å²) in [6.07, 6.45) is 0.0678. The lowest BCUT2D eigenvalue weighted by Gasteiger charge is -2.09. The van der Waals surface area contributed by atoms with Crippen LogP contribution in [0.15, 0.2) is 54.6 Å². The molecule has 26 heavy (non-hydrogen) atoms. The van der Waals surface area contributed by atoms with Gasteiger partial charge in [0.2, 0.25) is 5.91 Å².